The summed E-state index contributed by atoms with van der Waals surface area (Å²) >= 11 is 0. The molecule has 21 heavy (non-hydrogen) atoms. The van der Waals surface area contributed by atoms with Crippen molar-refractivity contribution in [1.29, 1.82) is 5.26 Å². The SMILES string of the molecule is N#Cc1ccc(NC2CCN(Cc3ccccc3)C2)nn1. The Kier molecular flexibility index (Phi) is 4.08. The van der Waals surface area contributed by atoms with Crippen molar-refractivity contribution in [3.63, 3.8) is 0 Å². The molecule has 5 nitrogen and oxygen atoms in total. The molecule has 2 aromatic rings. The Morgan fingerprint density at radius 3 is 2.76 bits per heavy atom. The summed E-state index contributed by atoms with van der Waals surface area (Å²) in [7, 11) is 0. The number of hydrogen-bond donors (Lipinski definition) is 1. The lowest BCUT2D eigenvalue weighted by molar-refractivity contribution is 0.328. The van der Waals surface area contributed by atoms with E-state index in [1.807, 2.05) is 18.2 Å². The summed E-state index contributed by atoms with van der Waals surface area (Å²) in [5.74, 6) is 0.737. The molecule has 3 rings (SSSR count). The smallest absolute Gasteiger partial charge is 0.163 e. The Balaban J connectivity index is 1.53. The molecule has 1 N–H and O–H groups in total. The minimum Gasteiger partial charge on any atom is -0.365 e. The summed E-state index contributed by atoms with van der Waals surface area (Å²) in [6.45, 7) is 3.06. The van der Waals surface area contributed by atoms with Crippen molar-refractivity contribution in [3.8, 4) is 6.07 Å². The van der Waals surface area contributed by atoms with Gasteiger partial charge in [-0.25, -0.2) is 0 Å². The molecule has 1 aliphatic rings. The van der Waals surface area contributed by atoms with Crippen molar-refractivity contribution in [2.45, 2.75) is 19.0 Å². The van der Waals surface area contributed by atoms with Crippen molar-refractivity contribution in [1.82, 2.24) is 15.1 Å². The van der Waals surface area contributed by atoms with E-state index in [1.54, 1.807) is 6.07 Å². The zero-order chi connectivity index (χ0) is 14.5. The molecule has 0 spiro atoms. The highest BCUT2D eigenvalue weighted by Crippen LogP contribution is 2.16. The molecule has 0 bridgehead atoms. The van der Waals surface area contributed by atoms with Gasteiger partial charge in [0.2, 0.25) is 0 Å². The predicted octanol–water partition coefficient (Wildman–Crippen LogP) is 2.03. The summed E-state index contributed by atoms with van der Waals surface area (Å²) in [5, 5.41) is 19.9. The van der Waals surface area contributed by atoms with Crippen LogP contribution in [0.5, 0.6) is 0 Å². The Bertz CT molecular complexity index is 617. The quantitative estimate of drug-likeness (QED) is 0.927. The van der Waals surface area contributed by atoms with E-state index < -0.39 is 0 Å². The molecule has 2 heterocycles. The van der Waals surface area contributed by atoms with E-state index in [0.29, 0.717) is 11.7 Å². The van der Waals surface area contributed by atoms with Crippen LogP contribution >= 0.6 is 0 Å². The van der Waals surface area contributed by atoms with Crippen molar-refractivity contribution < 1.29 is 0 Å². The summed E-state index contributed by atoms with van der Waals surface area (Å²) in [6, 6.07) is 16.4. The van der Waals surface area contributed by atoms with Gasteiger partial charge in [-0.2, -0.15) is 5.26 Å². The number of aromatic nitrogens is 2. The summed E-state index contributed by atoms with van der Waals surface area (Å²) in [4.78, 5) is 2.43. The molecular formula is C16H17N5. The van der Waals surface area contributed by atoms with Gasteiger partial charge in [0.1, 0.15) is 11.9 Å². The Morgan fingerprint density at radius 2 is 2.05 bits per heavy atom. The van der Waals surface area contributed by atoms with E-state index >= 15 is 0 Å². The topological polar surface area (TPSA) is 64.8 Å². The molecule has 1 fully saturated rings. The molecule has 1 unspecified atom stereocenters. The highest BCUT2D eigenvalue weighted by molar-refractivity contribution is 5.36. The molecule has 1 aromatic heterocycles. The number of nitrogens with one attached hydrogen (secondary N) is 1. The average molecular weight is 279 g/mol. The number of likely N-dealkylation sites (tertiary alicyclic amines) is 1. The van der Waals surface area contributed by atoms with Gasteiger partial charge in [0.25, 0.3) is 0 Å². The van der Waals surface area contributed by atoms with Gasteiger partial charge < -0.3 is 5.32 Å². The Morgan fingerprint density at radius 1 is 1.19 bits per heavy atom. The number of nitriles is 1. The van der Waals surface area contributed by atoms with Crippen LogP contribution in [0.1, 0.15) is 17.7 Å². The maximum Gasteiger partial charge on any atom is 0.163 e. The third-order valence-electron chi connectivity index (χ3n) is 3.65. The third kappa shape index (κ3) is 3.56. The first-order valence-corrected chi connectivity index (χ1v) is 7.10. The van der Waals surface area contributed by atoms with Gasteiger partial charge in [0, 0.05) is 25.7 Å². The van der Waals surface area contributed by atoms with Gasteiger partial charge in [-0.15, -0.1) is 10.2 Å². The van der Waals surface area contributed by atoms with Crippen molar-refractivity contribution in [2.24, 2.45) is 0 Å². The molecule has 5 heteroatoms. The highest BCUT2D eigenvalue weighted by atomic mass is 15.2. The maximum absolute atomic E-state index is 8.71. The molecule has 0 amide bonds. The molecule has 106 valence electrons. The molecule has 1 aromatic carbocycles. The van der Waals surface area contributed by atoms with Gasteiger partial charge in [0.05, 0.1) is 0 Å². The molecule has 0 saturated carbocycles. The first kappa shape index (κ1) is 13.5. The van der Waals surface area contributed by atoms with Crippen molar-refractivity contribution >= 4 is 5.82 Å². The fourth-order valence-corrected chi connectivity index (χ4v) is 2.61. The maximum atomic E-state index is 8.71. The van der Waals surface area contributed by atoms with Crippen LogP contribution in [0, 0.1) is 11.3 Å². The second-order valence-corrected chi connectivity index (χ2v) is 5.27. The standard InChI is InChI=1S/C16H17N5/c17-10-14-6-7-16(20-19-14)18-15-8-9-21(12-15)11-13-4-2-1-3-5-13/h1-7,15H,8-9,11-12H2,(H,18,20). The second-order valence-electron chi connectivity index (χ2n) is 5.27. The Hall–Kier alpha value is -2.45. The van der Waals surface area contributed by atoms with Crippen molar-refractivity contribution in [3.05, 3.63) is 53.7 Å². The number of rotatable bonds is 4. The lowest BCUT2D eigenvalue weighted by atomic mass is 10.2. The Labute approximate surface area is 124 Å². The molecular weight excluding hydrogens is 262 g/mol. The fourth-order valence-electron chi connectivity index (χ4n) is 2.61. The zero-order valence-corrected chi connectivity index (χ0v) is 11.7. The lowest BCUT2D eigenvalue weighted by Gasteiger charge is -2.16. The lowest BCUT2D eigenvalue weighted by Crippen LogP contribution is -2.26. The van der Waals surface area contributed by atoms with Crippen LogP contribution in [0.4, 0.5) is 5.82 Å². The van der Waals surface area contributed by atoms with E-state index in [-0.39, 0.29) is 0 Å². The van der Waals surface area contributed by atoms with E-state index in [2.05, 4.69) is 44.7 Å². The molecule has 1 saturated heterocycles. The molecule has 1 aliphatic heterocycles. The van der Waals surface area contributed by atoms with Gasteiger partial charge in [0.15, 0.2) is 5.69 Å². The zero-order valence-electron chi connectivity index (χ0n) is 11.7. The van der Waals surface area contributed by atoms with Crippen molar-refractivity contribution in [2.75, 3.05) is 18.4 Å². The van der Waals surface area contributed by atoms with Crippen LogP contribution in [-0.2, 0) is 6.54 Å². The summed E-state index contributed by atoms with van der Waals surface area (Å²) in [6.07, 6.45) is 1.09. The van der Waals surface area contributed by atoms with Crippen LogP contribution in [0.2, 0.25) is 0 Å². The van der Waals surface area contributed by atoms with E-state index in [4.69, 9.17) is 5.26 Å². The monoisotopic (exact) mass is 279 g/mol. The van der Waals surface area contributed by atoms with Crippen LogP contribution in [0.25, 0.3) is 0 Å². The summed E-state index contributed by atoms with van der Waals surface area (Å²) in [5.41, 5.74) is 1.69. The summed E-state index contributed by atoms with van der Waals surface area (Å²) < 4.78 is 0. The molecule has 1 atom stereocenters. The molecule has 0 radical (unpaired) electrons. The first-order valence-electron chi connectivity index (χ1n) is 7.10. The third-order valence-corrected chi connectivity index (χ3v) is 3.65. The number of benzene rings is 1. The van der Waals surface area contributed by atoms with Crippen LogP contribution in [0.3, 0.4) is 0 Å². The minimum absolute atomic E-state index is 0.345. The number of nitrogens with zero attached hydrogens (tertiary/aromatic N) is 4. The van der Waals surface area contributed by atoms with Gasteiger partial charge >= 0.3 is 0 Å². The molecule has 0 aliphatic carbocycles. The number of anilines is 1. The number of hydrogen-bond acceptors (Lipinski definition) is 5. The van der Waals surface area contributed by atoms with E-state index in [9.17, 15) is 0 Å². The average Bonchev–Trinajstić information content (AvgIpc) is 2.96. The van der Waals surface area contributed by atoms with Crippen LogP contribution in [0.15, 0.2) is 42.5 Å². The van der Waals surface area contributed by atoms with Gasteiger partial charge in [-0.3, -0.25) is 4.90 Å². The fraction of sp³-hybridized carbons (Fsp3) is 0.312. The predicted molar refractivity (Wildman–Crippen MR) is 80.5 cm³/mol. The van der Waals surface area contributed by atoms with Crippen LogP contribution < -0.4 is 5.32 Å². The van der Waals surface area contributed by atoms with Gasteiger partial charge in [-0.1, -0.05) is 30.3 Å². The van der Waals surface area contributed by atoms with Gasteiger partial charge in [-0.05, 0) is 24.1 Å². The minimum atomic E-state index is 0.345. The van der Waals surface area contributed by atoms with E-state index in [0.717, 1.165) is 31.9 Å². The normalized spacial score (nSPS) is 18.3. The first-order chi connectivity index (χ1) is 10.3. The highest BCUT2D eigenvalue weighted by Gasteiger charge is 2.22. The second kappa shape index (κ2) is 6.33. The van der Waals surface area contributed by atoms with E-state index in [1.165, 1.54) is 5.56 Å². The largest absolute Gasteiger partial charge is 0.365 e. The van der Waals surface area contributed by atoms with Crippen LogP contribution in [-0.4, -0.2) is 34.2 Å².